The average Bonchev–Trinajstić information content (AvgIpc) is 2.84. The molecule has 166 valence electrons. The number of carbonyl (C=O) groups is 1. The molecule has 1 saturated heterocycles. The molecule has 0 aliphatic carbocycles. The molecule has 0 radical (unpaired) electrons. The topological polar surface area (TPSA) is 69.6 Å². The molecule has 1 fully saturated rings. The highest BCUT2D eigenvalue weighted by Gasteiger charge is 2.25. The first-order valence-electron chi connectivity index (χ1n) is 10.5. The Hall–Kier alpha value is -3.35. The molecule has 2 heterocycles. The van der Waals surface area contributed by atoms with Crippen LogP contribution in [0.5, 0.6) is 5.75 Å². The highest BCUT2D eigenvalue weighted by atomic mass is 35.5. The standard InChI is InChI=1S/C25H20Cl2N4O2/c1-2-20(33)30-9-11-31(12-10-30)25-17-13-18(26)22(23(27)24(17)28-14-29-25)21-16-6-4-3-5-15(16)7-8-19(21)32/h2-8,13-14,32H,1,9-12H2. The van der Waals surface area contributed by atoms with Gasteiger partial charge in [0, 0.05) is 42.7 Å². The van der Waals surface area contributed by atoms with Crippen molar-refractivity contribution in [2.24, 2.45) is 0 Å². The maximum absolute atomic E-state index is 11.9. The number of piperazine rings is 1. The number of phenols is 1. The van der Waals surface area contributed by atoms with E-state index in [2.05, 4.69) is 21.4 Å². The van der Waals surface area contributed by atoms with E-state index in [0.717, 1.165) is 16.2 Å². The molecule has 1 amide bonds. The van der Waals surface area contributed by atoms with E-state index in [1.165, 1.54) is 12.4 Å². The minimum atomic E-state index is -0.0761. The first kappa shape index (κ1) is 21.5. The molecular formula is C25H20Cl2N4O2. The van der Waals surface area contributed by atoms with Crippen molar-refractivity contribution in [2.45, 2.75) is 0 Å². The lowest BCUT2D eigenvalue weighted by molar-refractivity contribution is -0.126. The van der Waals surface area contributed by atoms with Crippen molar-refractivity contribution < 1.29 is 9.90 Å². The minimum Gasteiger partial charge on any atom is -0.507 e. The Kier molecular flexibility index (Phi) is 5.56. The van der Waals surface area contributed by atoms with Crippen LogP contribution in [0.15, 0.2) is 61.4 Å². The van der Waals surface area contributed by atoms with Gasteiger partial charge in [0.2, 0.25) is 5.91 Å². The zero-order chi connectivity index (χ0) is 23.1. The van der Waals surface area contributed by atoms with Gasteiger partial charge in [-0.3, -0.25) is 4.79 Å². The van der Waals surface area contributed by atoms with Gasteiger partial charge in [-0.25, -0.2) is 9.97 Å². The number of rotatable bonds is 3. The maximum Gasteiger partial charge on any atom is 0.246 e. The normalized spacial score (nSPS) is 14.1. The van der Waals surface area contributed by atoms with Gasteiger partial charge in [0.05, 0.1) is 15.6 Å². The Bertz CT molecular complexity index is 1410. The summed E-state index contributed by atoms with van der Waals surface area (Å²) in [6.45, 7) is 5.93. The van der Waals surface area contributed by atoms with E-state index in [0.29, 0.717) is 58.7 Å². The quantitative estimate of drug-likeness (QED) is 0.404. The van der Waals surface area contributed by atoms with Crippen LogP contribution >= 0.6 is 23.2 Å². The number of hydrogen-bond acceptors (Lipinski definition) is 5. The lowest BCUT2D eigenvalue weighted by Gasteiger charge is -2.35. The number of amides is 1. The van der Waals surface area contributed by atoms with Crippen molar-refractivity contribution in [3.8, 4) is 16.9 Å². The highest BCUT2D eigenvalue weighted by Crippen LogP contribution is 2.46. The summed E-state index contributed by atoms with van der Waals surface area (Å²) in [5.74, 6) is 0.727. The van der Waals surface area contributed by atoms with E-state index >= 15 is 0 Å². The fourth-order valence-electron chi connectivity index (χ4n) is 4.39. The molecule has 0 atom stereocenters. The summed E-state index contributed by atoms with van der Waals surface area (Å²) in [6, 6.07) is 13.0. The Morgan fingerprint density at radius 1 is 1.00 bits per heavy atom. The molecule has 1 aromatic heterocycles. The third-order valence-electron chi connectivity index (χ3n) is 6.02. The average molecular weight is 479 g/mol. The smallest absolute Gasteiger partial charge is 0.246 e. The van der Waals surface area contributed by atoms with Gasteiger partial charge >= 0.3 is 0 Å². The molecule has 1 N–H and O–H groups in total. The van der Waals surface area contributed by atoms with Crippen molar-refractivity contribution >= 4 is 56.6 Å². The third kappa shape index (κ3) is 3.65. The number of aromatic nitrogens is 2. The van der Waals surface area contributed by atoms with Crippen LogP contribution in [-0.4, -0.2) is 52.1 Å². The molecule has 33 heavy (non-hydrogen) atoms. The monoisotopic (exact) mass is 478 g/mol. The fraction of sp³-hybridized carbons (Fsp3) is 0.160. The van der Waals surface area contributed by atoms with E-state index in [9.17, 15) is 9.90 Å². The molecule has 0 bridgehead atoms. The Morgan fingerprint density at radius 2 is 1.76 bits per heavy atom. The second kappa shape index (κ2) is 8.54. The van der Waals surface area contributed by atoms with Crippen molar-refractivity contribution in [3.05, 3.63) is 71.5 Å². The predicted octanol–water partition coefficient (Wildman–Crippen LogP) is 5.30. The van der Waals surface area contributed by atoms with Gasteiger partial charge in [-0.2, -0.15) is 0 Å². The van der Waals surface area contributed by atoms with Crippen LogP contribution < -0.4 is 4.90 Å². The summed E-state index contributed by atoms with van der Waals surface area (Å²) in [4.78, 5) is 24.7. The molecule has 0 unspecified atom stereocenters. The van der Waals surface area contributed by atoms with Crippen molar-refractivity contribution in [1.82, 2.24) is 14.9 Å². The molecule has 1 aliphatic rings. The first-order valence-corrected chi connectivity index (χ1v) is 11.2. The van der Waals surface area contributed by atoms with Crippen LogP contribution in [0.4, 0.5) is 5.82 Å². The third-order valence-corrected chi connectivity index (χ3v) is 6.69. The molecule has 1 aliphatic heterocycles. The van der Waals surface area contributed by atoms with Gasteiger partial charge in [0.15, 0.2) is 0 Å². The molecule has 6 nitrogen and oxygen atoms in total. The molecule has 3 aromatic carbocycles. The number of hydrogen-bond donors (Lipinski definition) is 1. The van der Waals surface area contributed by atoms with E-state index in [-0.39, 0.29) is 11.7 Å². The van der Waals surface area contributed by atoms with Crippen LogP contribution in [0.3, 0.4) is 0 Å². The van der Waals surface area contributed by atoms with Crippen LogP contribution in [-0.2, 0) is 4.79 Å². The summed E-state index contributed by atoms with van der Waals surface area (Å²) in [5, 5.41) is 14.0. The number of benzene rings is 3. The molecule has 5 rings (SSSR count). The summed E-state index contributed by atoms with van der Waals surface area (Å²) in [6.07, 6.45) is 2.81. The van der Waals surface area contributed by atoms with E-state index in [4.69, 9.17) is 23.2 Å². The number of carbonyl (C=O) groups excluding carboxylic acids is 1. The molecule has 0 spiro atoms. The Morgan fingerprint density at radius 3 is 2.52 bits per heavy atom. The van der Waals surface area contributed by atoms with Gasteiger partial charge < -0.3 is 14.9 Å². The lowest BCUT2D eigenvalue weighted by Crippen LogP contribution is -2.48. The van der Waals surface area contributed by atoms with Gasteiger partial charge in [0.1, 0.15) is 17.9 Å². The number of fused-ring (bicyclic) bond motifs is 2. The predicted molar refractivity (Wildman–Crippen MR) is 133 cm³/mol. The van der Waals surface area contributed by atoms with Crippen molar-refractivity contribution in [2.75, 3.05) is 31.1 Å². The zero-order valence-corrected chi connectivity index (χ0v) is 19.1. The number of anilines is 1. The van der Waals surface area contributed by atoms with Crippen molar-refractivity contribution in [1.29, 1.82) is 0 Å². The summed E-state index contributed by atoms with van der Waals surface area (Å²) in [5.41, 5.74) is 1.66. The van der Waals surface area contributed by atoms with Crippen LogP contribution in [0.1, 0.15) is 0 Å². The SMILES string of the molecule is C=CC(=O)N1CCN(c2ncnc3c(Cl)c(-c4c(O)ccc5ccccc45)c(Cl)cc23)CC1. The molecular weight excluding hydrogens is 459 g/mol. The minimum absolute atomic E-state index is 0.0761. The summed E-state index contributed by atoms with van der Waals surface area (Å²) in [7, 11) is 0. The summed E-state index contributed by atoms with van der Waals surface area (Å²) >= 11 is 13.7. The van der Waals surface area contributed by atoms with Crippen LogP contribution in [0.2, 0.25) is 10.0 Å². The molecule has 4 aromatic rings. The van der Waals surface area contributed by atoms with E-state index in [1.54, 1.807) is 17.0 Å². The second-order valence-electron chi connectivity index (χ2n) is 7.84. The fourth-order valence-corrected chi connectivity index (χ4v) is 5.08. The molecule has 0 saturated carbocycles. The number of aromatic hydroxyl groups is 1. The van der Waals surface area contributed by atoms with E-state index in [1.807, 2.05) is 30.3 Å². The number of nitrogens with zero attached hydrogens (tertiary/aromatic N) is 4. The van der Waals surface area contributed by atoms with Crippen LogP contribution in [0.25, 0.3) is 32.8 Å². The number of halogens is 2. The van der Waals surface area contributed by atoms with Gasteiger partial charge in [0.25, 0.3) is 0 Å². The molecule has 8 heteroatoms. The zero-order valence-electron chi connectivity index (χ0n) is 17.6. The second-order valence-corrected chi connectivity index (χ2v) is 8.62. The van der Waals surface area contributed by atoms with Crippen LogP contribution in [0, 0.1) is 0 Å². The lowest BCUT2D eigenvalue weighted by atomic mass is 9.96. The first-order chi connectivity index (χ1) is 16.0. The summed E-state index contributed by atoms with van der Waals surface area (Å²) < 4.78 is 0. The largest absolute Gasteiger partial charge is 0.507 e. The Labute approximate surface area is 200 Å². The van der Waals surface area contributed by atoms with E-state index < -0.39 is 0 Å². The van der Waals surface area contributed by atoms with Gasteiger partial charge in [-0.1, -0.05) is 60.1 Å². The van der Waals surface area contributed by atoms with Gasteiger partial charge in [-0.05, 0) is 29.0 Å². The van der Waals surface area contributed by atoms with Crippen molar-refractivity contribution in [3.63, 3.8) is 0 Å². The highest BCUT2D eigenvalue weighted by molar-refractivity contribution is 6.43. The van der Waals surface area contributed by atoms with Gasteiger partial charge in [-0.15, -0.1) is 0 Å². The Balaban J connectivity index is 1.63. The number of phenolic OH excluding ortho intramolecular Hbond substituents is 1. The maximum atomic E-state index is 11.9.